The maximum Gasteiger partial charge on any atom is 0.136 e. The summed E-state index contributed by atoms with van der Waals surface area (Å²) in [5.41, 5.74) is 13.3. The third kappa shape index (κ3) is 4.76. The zero-order valence-corrected chi connectivity index (χ0v) is 30.3. The molecule has 0 atom stereocenters. The van der Waals surface area contributed by atoms with Crippen LogP contribution in [0, 0.1) is 0 Å². The van der Waals surface area contributed by atoms with Gasteiger partial charge in [0.15, 0.2) is 0 Å². The average molecular weight is 713 g/mol. The fraction of sp³-hybridized carbons (Fsp3) is 0. The van der Waals surface area contributed by atoms with E-state index in [0.717, 1.165) is 43.9 Å². The van der Waals surface area contributed by atoms with Gasteiger partial charge in [-0.25, -0.2) is 0 Å². The number of rotatable bonds is 4. The Bertz CT molecular complexity index is 3470. The van der Waals surface area contributed by atoms with Crippen molar-refractivity contribution in [3.63, 3.8) is 0 Å². The number of hydrogen-bond acceptors (Lipinski definition) is 2. The van der Waals surface area contributed by atoms with Crippen LogP contribution in [-0.2, 0) is 0 Å². The van der Waals surface area contributed by atoms with Gasteiger partial charge >= 0.3 is 0 Å². The molecule has 0 spiro atoms. The van der Waals surface area contributed by atoms with Crippen LogP contribution in [-0.4, -0.2) is 0 Å². The first-order valence-corrected chi connectivity index (χ1v) is 19.1. The third-order valence-electron chi connectivity index (χ3n) is 11.6. The number of furan rings is 2. The molecule has 0 radical (unpaired) electrons. The molecule has 0 aliphatic heterocycles. The summed E-state index contributed by atoms with van der Waals surface area (Å²) in [7, 11) is 0. The Labute approximate surface area is 322 Å². The van der Waals surface area contributed by atoms with E-state index in [-0.39, 0.29) is 0 Å². The lowest BCUT2D eigenvalue weighted by Gasteiger charge is -2.18. The molecule has 0 aliphatic rings. The highest BCUT2D eigenvalue weighted by Crippen LogP contribution is 2.45. The molecule has 0 bridgehead atoms. The van der Waals surface area contributed by atoms with Crippen LogP contribution >= 0.6 is 0 Å². The molecule has 10 aromatic carbocycles. The minimum absolute atomic E-state index is 0.905. The molecule has 0 aliphatic carbocycles. The van der Waals surface area contributed by atoms with Crippen LogP contribution in [0.1, 0.15) is 0 Å². The van der Waals surface area contributed by atoms with Gasteiger partial charge < -0.3 is 8.83 Å². The van der Waals surface area contributed by atoms with E-state index in [1.165, 1.54) is 76.8 Å². The lowest BCUT2D eigenvalue weighted by atomic mass is 9.85. The third-order valence-corrected chi connectivity index (χ3v) is 11.6. The van der Waals surface area contributed by atoms with Crippen molar-refractivity contribution in [1.82, 2.24) is 0 Å². The van der Waals surface area contributed by atoms with Crippen LogP contribution in [0.4, 0.5) is 0 Å². The summed E-state index contributed by atoms with van der Waals surface area (Å²) in [4.78, 5) is 0. The highest BCUT2D eigenvalue weighted by molar-refractivity contribution is 6.22. The summed E-state index contributed by atoms with van der Waals surface area (Å²) in [6, 6.07) is 70.0. The molecule has 2 aromatic heterocycles. The van der Waals surface area contributed by atoms with Gasteiger partial charge in [0, 0.05) is 21.5 Å². The summed E-state index contributed by atoms with van der Waals surface area (Å²) in [5, 5.41) is 11.9. The molecule has 0 fully saturated rings. The van der Waals surface area contributed by atoms with Gasteiger partial charge in [0.05, 0.1) is 0 Å². The zero-order chi connectivity index (χ0) is 36.7. The Morgan fingerprint density at radius 2 is 0.643 bits per heavy atom. The van der Waals surface area contributed by atoms with Crippen molar-refractivity contribution in [3.05, 3.63) is 194 Å². The van der Waals surface area contributed by atoms with Gasteiger partial charge in [0.1, 0.15) is 22.3 Å². The zero-order valence-electron chi connectivity index (χ0n) is 30.3. The summed E-state index contributed by atoms with van der Waals surface area (Å²) in [6.07, 6.45) is 0. The molecule has 2 heteroatoms. The second-order valence-electron chi connectivity index (χ2n) is 14.8. The van der Waals surface area contributed by atoms with Crippen LogP contribution in [0.15, 0.2) is 203 Å². The first kappa shape index (κ1) is 31.0. The van der Waals surface area contributed by atoms with Gasteiger partial charge in [-0.05, 0) is 125 Å². The van der Waals surface area contributed by atoms with E-state index in [9.17, 15) is 0 Å². The van der Waals surface area contributed by atoms with Crippen molar-refractivity contribution in [2.24, 2.45) is 0 Å². The number of benzene rings is 10. The van der Waals surface area contributed by atoms with Crippen molar-refractivity contribution in [1.29, 1.82) is 0 Å². The fourth-order valence-electron chi connectivity index (χ4n) is 8.98. The van der Waals surface area contributed by atoms with Crippen LogP contribution in [0.2, 0.25) is 0 Å². The van der Waals surface area contributed by atoms with E-state index < -0.39 is 0 Å². The Morgan fingerprint density at radius 1 is 0.214 bits per heavy atom. The van der Waals surface area contributed by atoms with Crippen LogP contribution in [0.3, 0.4) is 0 Å². The molecule has 0 N–H and O–H groups in total. The smallest absolute Gasteiger partial charge is 0.136 e. The van der Waals surface area contributed by atoms with E-state index in [1.54, 1.807) is 0 Å². The van der Waals surface area contributed by atoms with E-state index >= 15 is 0 Å². The summed E-state index contributed by atoms with van der Waals surface area (Å²) < 4.78 is 12.5. The standard InChI is InChI=1S/C54H32O2/c1-2-11-38-32-52-48(29-37(38)10-1)47-31-40(25-27-51(47)56-52)54-44-17-5-3-15-42(44)53(43-16-4-6-18-45(43)54)34-22-20-33(21-23-34)35-12-9-13-36(28-35)39-24-26-50-46(30-39)41-14-7-8-19-49(41)55-50/h1-32H. The maximum atomic E-state index is 6.40. The monoisotopic (exact) mass is 712 g/mol. The van der Waals surface area contributed by atoms with Gasteiger partial charge in [-0.3, -0.25) is 0 Å². The molecule has 2 heterocycles. The quantitative estimate of drug-likeness (QED) is 0.170. The molecule has 56 heavy (non-hydrogen) atoms. The van der Waals surface area contributed by atoms with Crippen LogP contribution < -0.4 is 0 Å². The number of fused-ring (bicyclic) bond motifs is 9. The predicted molar refractivity (Wildman–Crippen MR) is 235 cm³/mol. The van der Waals surface area contributed by atoms with Crippen molar-refractivity contribution in [3.8, 4) is 44.5 Å². The summed E-state index contributed by atoms with van der Waals surface area (Å²) in [5.74, 6) is 0. The lowest BCUT2D eigenvalue weighted by Crippen LogP contribution is -1.91. The van der Waals surface area contributed by atoms with Gasteiger partial charge in [-0.1, -0.05) is 146 Å². The minimum atomic E-state index is 0.905. The van der Waals surface area contributed by atoms with E-state index in [4.69, 9.17) is 8.83 Å². The molecule has 12 rings (SSSR count). The number of hydrogen-bond donors (Lipinski definition) is 0. The molecule has 12 aromatic rings. The number of para-hydroxylation sites is 1. The molecule has 0 amide bonds. The van der Waals surface area contributed by atoms with Gasteiger partial charge in [-0.15, -0.1) is 0 Å². The molecule has 2 nitrogen and oxygen atoms in total. The van der Waals surface area contributed by atoms with Crippen molar-refractivity contribution in [2.75, 3.05) is 0 Å². The highest BCUT2D eigenvalue weighted by Gasteiger charge is 2.18. The Hall–Kier alpha value is -7.42. The van der Waals surface area contributed by atoms with Crippen LogP contribution in [0.25, 0.3) is 121 Å². The van der Waals surface area contributed by atoms with Crippen molar-refractivity contribution >= 4 is 76.2 Å². The van der Waals surface area contributed by atoms with Gasteiger partial charge in [0.2, 0.25) is 0 Å². The van der Waals surface area contributed by atoms with Crippen molar-refractivity contribution in [2.45, 2.75) is 0 Å². The van der Waals surface area contributed by atoms with Gasteiger partial charge in [0.25, 0.3) is 0 Å². The lowest BCUT2D eigenvalue weighted by molar-refractivity contribution is 0.669. The van der Waals surface area contributed by atoms with Crippen molar-refractivity contribution < 1.29 is 8.83 Å². The largest absolute Gasteiger partial charge is 0.456 e. The maximum absolute atomic E-state index is 6.40. The molecule has 0 saturated carbocycles. The highest BCUT2D eigenvalue weighted by atomic mass is 16.3. The Kier molecular flexibility index (Phi) is 6.66. The molecule has 0 unspecified atom stereocenters. The van der Waals surface area contributed by atoms with E-state index in [2.05, 4.69) is 182 Å². The summed E-state index contributed by atoms with van der Waals surface area (Å²) in [6.45, 7) is 0. The molecule has 0 saturated heterocycles. The first-order valence-electron chi connectivity index (χ1n) is 19.1. The Balaban J connectivity index is 0.969. The van der Waals surface area contributed by atoms with Crippen LogP contribution in [0.5, 0.6) is 0 Å². The van der Waals surface area contributed by atoms with E-state index in [1.807, 2.05) is 12.1 Å². The average Bonchev–Trinajstić information content (AvgIpc) is 3.81. The molecular formula is C54H32O2. The normalized spacial score (nSPS) is 11.9. The topological polar surface area (TPSA) is 26.3 Å². The van der Waals surface area contributed by atoms with Gasteiger partial charge in [-0.2, -0.15) is 0 Å². The second kappa shape index (κ2) is 12.0. The minimum Gasteiger partial charge on any atom is -0.456 e. The fourth-order valence-corrected chi connectivity index (χ4v) is 8.98. The van der Waals surface area contributed by atoms with E-state index in [0.29, 0.717) is 0 Å². The SMILES string of the molecule is c1cc(-c2ccc(-c3c4ccccc4c(-c4ccc5oc6cc7ccccc7cc6c5c4)c4ccccc34)cc2)cc(-c2ccc3oc4ccccc4c3c2)c1. The predicted octanol–water partition coefficient (Wildman–Crippen LogP) is 15.6. The Morgan fingerprint density at radius 3 is 1.34 bits per heavy atom. The molecule has 260 valence electrons. The first-order chi connectivity index (χ1) is 27.7. The summed E-state index contributed by atoms with van der Waals surface area (Å²) >= 11 is 0. The second-order valence-corrected chi connectivity index (χ2v) is 14.8. The molecular weight excluding hydrogens is 681 g/mol.